The number of allylic oxidation sites excluding steroid dienone is 1. The fourth-order valence-electron chi connectivity index (χ4n) is 5.10. The zero-order valence-corrected chi connectivity index (χ0v) is 22.1. The average Bonchev–Trinajstić information content (AvgIpc) is 2.92. The Morgan fingerprint density at radius 2 is 1.36 bits per heavy atom. The van der Waals surface area contributed by atoms with Crippen molar-refractivity contribution in [2.24, 2.45) is 17.8 Å². The number of hydrogen-bond donors (Lipinski definition) is 3. The smallest absolute Gasteiger partial charge is 0.235 e. The number of carbonyl (C=O) groups is 3. The molecule has 0 saturated heterocycles. The standard InChI is InChI=1S/C31H32N2O6/c1-31(37)19-24(34)27(29(35)32-22-13-7-9-15-25(22)38-2)21(18-17-20-11-5-4-6-12-20)28(31)30(36)33-23-14-8-10-16-26(23)39-3/h4-18,21,27-28,37H,19H2,1-3H3,(H,32,35)(H,33,36)/b18-17+. The number of rotatable bonds is 8. The van der Waals surface area contributed by atoms with Gasteiger partial charge in [-0.1, -0.05) is 66.7 Å². The van der Waals surface area contributed by atoms with Gasteiger partial charge in [0.15, 0.2) is 0 Å². The lowest BCUT2D eigenvalue weighted by Gasteiger charge is -2.43. The molecule has 4 unspecified atom stereocenters. The monoisotopic (exact) mass is 528 g/mol. The Morgan fingerprint density at radius 3 is 1.92 bits per heavy atom. The molecular formula is C31H32N2O6. The van der Waals surface area contributed by atoms with Gasteiger partial charge in [0.05, 0.1) is 37.1 Å². The minimum atomic E-state index is -1.71. The molecule has 0 aliphatic heterocycles. The van der Waals surface area contributed by atoms with E-state index < -0.39 is 41.0 Å². The summed E-state index contributed by atoms with van der Waals surface area (Å²) in [5, 5.41) is 17.0. The minimum Gasteiger partial charge on any atom is -0.495 e. The van der Waals surface area contributed by atoms with E-state index in [1.165, 1.54) is 21.1 Å². The normalized spacial score (nSPS) is 22.8. The summed E-state index contributed by atoms with van der Waals surface area (Å²) in [6.07, 6.45) is 3.06. The number of para-hydroxylation sites is 4. The number of anilines is 2. The maximum Gasteiger partial charge on any atom is 0.235 e. The van der Waals surface area contributed by atoms with Crippen molar-refractivity contribution in [3.8, 4) is 11.5 Å². The first-order valence-electron chi connectivity index (χ1n) is 12.6. The third kappa shape index (κ3) is 6.18. The third-order valence-corrected chi connectivity index (χ3v) is 6.92. The van der Waals surface area contributed by atoms with Crippen molar-refractivity contribution in [1.82, 2.24) is 0 Å². The summed E-state index contributed by atoms with van der Waals surface area (Å²) in [6.45, 7) is 1.45. The summed E-state index contributed by atoms with van der Waals surface area (Å²) in [6, 6.07) is 23.1. The van der Waals surface area contributed by atoms with Gasteiger partial charge in [-0.15, -0.1) is 0 Å². The van der Waals surface area contributed by atoms with Crippen LogP contribution in [0.4, 0.5) is 11.4 Å². The van der Waals surface area contributed by atoms with Crippen molar-refractivity contribution in [1.29, 1.82) is 0 Å². The second-order valence-electron chi connectivity index (χ2n) is 9.68. The largest absolute Gasteiger partial charge is 0.495 e. The van der Waals surface area contributed by atoms with Gasteiger partial charge >= 0.3 is 0 Å². The lowest BCUT2D eigenvalue weighted by molar-refractivity contribution is -0.152. The van der Waals surface area contributed by atoms with Crippen molar-refractivity contribution in [3.63, 3.8) is 0 Å². The molecule has 0 spiro atoms. The Hall–Kier alpha value is -4.43. The maximum atomic E-state index is 13.8. The summed E-state index contributed by atoms with van der Waals surface area (Å²) in [5.74, 6) is -4.02. The number of ether oxygens (including phenoxy) is 2. The first-order chi connectivity index (χ1) is 18.7. The van der Waals surface area contributed by atoms with Crippen LogP contribution in [-0.2, 0) is 14.4 Å². The molecule has 2 amide bonds. The number of methoxy groups -OCH3 is 2. The van der Waals surface area contributed by atoms with Gasteiger partial charge < -0.3 is 25.2 Å². The van der Waals surface area contributed by atoms with E-state index in [0.717, 1.165) is 5.56 Å². The predicted molar refractivity (Wildman–Crippen MR) is 149 cm³/mol. The SMILES string of the molecule is COc1ccccc1NC(=O)C1C(=O)CC(C)(O)C(C(=O)Nc2ccccc2OC)C1/C=C/c1ccccc1. The fourth-order valence-corrected chi connectivity index (χ4v) is 5.10. The van der Waals surface area contributed by atoms with Gasteiger partial charge in [0.2, 0.25) is 11.8 Å². The highest BCUT2D eigenvalue weighted by molar-refractivity contribution is 6.10. The number of ketones is 1. The fraction of sp³-hybridized carbons (Fsp3) is 0.258. The molecule has 39 heavy (non-hydrogen) atoms. The number of hydrogen-bond acceptors (Lipinski definition) is 6. The first kappa shape index (κ1) is 27.6. The topological polar surface area (TPSA) is 114 Å². The van der Waals surface area contributed by atoms with Crippen LogP contribution in [0, 0.1) is 17.8 Å². The lowest BCUT2D eigenvalue weighted by atomic mass is 9.63. The number of amides is 2. The highest BCUT2D eigenvalue weighted by Gasteiger charge is 2.54. The van der Waals surface area contributed by atoms with Crippen LogP contribution >= 0.6 is 0 Å². The molecule has 4 rings (SSSR count). The molecule has 0 heterocycles. The van der Waals surface area contributed by atoms with Crippen molar-refractivity contribution >= 4 is 35.0 Å². The highest BCUT2D eigenvalue weighted by Crippen LogP contribution is 2.43. The molecule has 1 aliphatic carbocycles. The maximum absolute atomic E-state index is 13.8. The molecule has 0 radical (unpaired) electrons. The predicted octanol–water partition coefficient (Wildman–Crippen LogP) is 4.57. The van der Waals surface area contributed by atoms with Crippen LogP contribution < -0.4 is 20.1 Å². The Morgan fingerprint density at radius 1 is 0.846 bits per heavy atom. The molecule has 1 fully saturated rings. The van der Waals surface area contributed by atoms with Gasteiger partial charge in [-0.25, -0.2) is 0 Å². The molecule has 8 heteroatoms. The van der Waals surface area contributed by atoms with Crippen molar-refractivity contribution in [2.45, 2.75) is 18.9 Å². The van der Waals surface area contributed by atoms with Crippen LogP contribution in [0.5, 0.6) is 11.5 Å². The van der Waals surface area contributed by atoms with Crippen LogP contribution in [-0.4, -0.2) is 42.5 Å². The van der Waals surface area contributed by atoms with Crippen molar-refractivity contribution < 1.29 is 29.0 Å². The second-order valence-corrected chi connectivity index (χ2v) is 9.68. The van der Waals surface area contributed by atoms with E-state index >= 15 is 0 Å². The molecule has 1 aliphatic rings. The number of Topliss-reactive ketones (excluding diaryl/α,β-unsaturated/α-hetero) is 1. The van der Waals surface area contributed by atoms with Crippen molar-refractivity contribution in [2.75, 3.05) is 24.9 Å². The Bertz CT molecular complexity index is 1370. The number of carbonyl (C=O) groups excluding carboxylic acids is 3. The molecule has 0 bridgehead atoms. The van der Waals surface area contributed by atoms with E-state index in [4.69, 9.17) is 9.47 Å². The molecule has 3 N–H and O–H groups in total. The van der Waals surface area contributed by atoms with Crippen LogP contribution in [0.1, 0.15) is 18.9 Å². The van der Waals surface area contributed by atoms with Crippen LogP contribution in [0.15, 0.2) is 84.9 Å². The molecule has 3 aromatic rings. The minimum absolute atomic E-state index is 0.364. The molecule has 4 atom stereocenters. The molecular weight excluding hydrogens is 496 g/mol. The zero-order chi connectivity index (χ0) is 28.0. The van der Waals surface area contributed by atoms with Crippen LogP contribution in [0.3, 0.4) is 0 Å². The first-order valence-corrected chi connectivity index (χ1v) is 12.6. The molecule has 202 valence electrons. The van der Waals surface area contributed by atoms with Crippen LogP contribution in [0.2, 0.25) is 0 Å². The molecule has 0 aromatic heterocycles. The Labute approximate surface area is 227 Å². The summed E-state index contributed by atoms with van der Waals surface area (Å²) >= 11 is 0. The average molecular weight is 529 g/mol. The lowest BCUT2D eigenvalue weighted by Crippen LogP contribution is -2.57. The zero-order valence-electron chi connectivity index (χ0n) is 22.1. The van der Waals surface area contributed by atoms with Gasteiger partial charge in [-0.2, -0.15) is 0 Å². The van der Waals surface area contributed by atoms with E-state index in [2.05, 4.69) is 10.6 Å². The summed E-state index contributed by atoms with van der Waals surface area (Å²) in [5.41, 5.74) is -0.0757. The van der Waals surface area contributed by atoms with Crippen molar-refractivity contribution in [3.05, 3.63) is 90.5 Å². The summed E-state index contributed by atoms with van der Waals surface area (Å²) in [7, 11) is 2.97. The van der Waals surface area contributed by atoms with E-state index in [-0.39, 0.29) is 6.42 Å². The van der Waals surface area contributed by atoms with Gasteiger partial charge in [0, 0.05) is 12.3 Å². The van der Waals surface area contributed by atoms with Gasteiger partial charge in [0.1, 0.15) is 23.2 Å². The van der Waals surface area contributed by atoms with E-state index in [1.807, 2.05) is 30.3 Å². The Kier molecular flexibility index (Phi) is 8.46. The molecule has 8 nitrogen and oxygen atoms in total. The molecule has 1 saturated carbocycles. The molecule has 3 aromatic carbocycles. The van der Waals surface area contributed by atoms with E-state index in [0.29, 0.717) is 22.9 Å². The van der Waals surface area contributed by atoms with Gasteiger partial charge in [-0.3, -0.25) is 14.4 Å². The number of benzene rings is 3. The van der Waals surface area contributed by atoms with E-state index in [9.17, 15) is 19.5 Å². The second kappa shape index (κ2) is 12.0. The van der Waals surface area contributed by atoms with E-state index in [1.54, 1.807) is 60.7 Å². The third-order valence-electron chi connectivity index (χ3n) is 6.92. The highest BCUT2D eigenvalue weighted by atomic mass is 16.5. The van der Waals surface area contributed by atoms with Crippen LogP contribution in [0.25, 0.3) is 6.08 Å². The summed E-state index contributed by atoms with van der Waals surface area (Å²) in [4.78, 5) is 40.8. The number of aliphatic hydroxyl groups is 1. The summed E-state index contributed by atoms with van der Waals surface area (Å²) < 4.78 is 10.7. The number of nitrogens with one attached hydrogen (secondary N) is 2. The Balaban J connectivity index is 1.74. The van der Waals surface area contributed by atoms with Gasteiger partial charge in [0.25, 0.3) is 0 Å². The van der Waals surface area contributed by atoms with Gasteiger partial charge in [-0.05, 0) is 36.8 Å². The quantitative estimate of drug-likeness (QED) is 0.369.